The van der Waals surface area contributed by atoms with Gasteiger partial charge in [0.1, 0.15) is 0 Å². The van der Waals surface area contributed by atoms with Crippen molar-refractivity contribution in [3.05, 3.63) is 37.5 Å². The third kappa shape index (κ3) is 4.69. The predicted molar refractivity (Wildman–Crippen MR) is 58.5 cm³/mol. The number of hydrogen-bond donors (Lipinski definition) is 1. The van der Waals surface area contributed by atoms with Gasteiger partial charge in [-0.15, -0.1) is 6.58 Å². The smallest absolute Gasteiger partial charge is 0.0628 e. The predicted octanol–water partition coefficient (Wildman–Crippen LogP) is 2.94. The van der Waals surface area contributed by atoms with Gasteiger partial charge in [-0.3, -0.25) is 0 Å². The zero-order valence-electron chi connectivity index (χ0n) is 8.61. The summed E-state index contributed by atoms with van der Waals surface area (Å²) >= 11 is 0. The summed E-state index contributed by atoms with van der Waals surface area (Å²) in [7, 11) is 0. The third-order valence-electron chi connectivity index (χ3n) is 2.10. The van der Waals surface area contributed by atoms with Crippen LogP contribution in [0.5, 0.6) is 0 Å². The Morgan fingerprint density at radius 3 is 2.31 bits per heavy atom. The van der Waals surface area contributed by atoms with E-state index in [1.165, 1.54) is 0 Å². The van der Waals surface area contributed by atoms with Crippen LogP contribution in [0.4, 0.5) is 0 Å². The minimum absolute atomic E-state index is 0.149. The largest absolute Gasteiger partial charge is 0.392 e. The highest BCUT2D eigenvalue weighted by molar-refractivity contribution is 5.00. The minimum Gasteiger partial charge on any atom is -0.392 e. The molecule has 0 aromatic carbocycles. The first kappa shape index (κ1) is 12.2. The van der Waals surface area contributed by atoms with Crippen molar-refractivity contribution in [1.82, 2.24) is 0 Å². The summed E-state index contributed by atoms with van der Waals surface area (Å²) in [4.78, 5) is 0. The van der Waals surface area contributed by atoms with Crippen LogP contribution >= 0.6 is 0 Å². The average Bonchev–Trinajstić information content (AvgIpc) is 2.11. The van der Waals surface area contributed by atoms with Gasteiger partial charge in [0.15, 0.2) is 0 Å². The maximum atomic E-state index is 9.75. The second-order valence-corrected chi connectivity index (χ2v) is 3.53. The molecule has 0 saturated carbocycles. The van der Waals surface area contributed by atoms with Crippen LogP contribution in [0, 0.1) is 11.8 Å². The van der Waals surface area contributed by atoms with Gasteiger partial charge in [0.05, 0.1) is 6.10 Å². The van der Waals surface area contributed by atoms with Crippen LogP contribution in [-0.4, -0.2) is 11.2 Å². The summed E-state index contributed by atoms with van der Waals surface area (Å²) in [5.41, 5.74) is 0. The van der Waals surface area contributed by atoms with Crippen molar-refractivity contribution in [2.75, 3.05) is 0 Å². The summed E-state index contributed by atoms with van der Waals surface area (Å²) in [5, 5.41) is 9.75. The Morgan fingerprint density at radius 2 is 1.92 bits per heavy atom. The van der Waals surface area contributed by atoms with Crippen molar-refractivity contribution in [3.63, 3.8) is 0 Å². The maximum absolute atomic E-state index is 9.75. The maximum Gasteiger partial charge on any atom is 0.0628 e. The molecule has 0 aliphatic rings. The van der Waals surface area contributed by atoms with Crippen molar-refractivity contribution in [2.24, 2.45) is 11.8 Å². The van der Waals surface area contributed by atoms with Crippen LogP contribution < -0.4 is 0 Å². The third-order valence-corrected chi connectivity index (χ3v) is 2.10. The summed E-state index contributed by atoms with van der Waals surface area (Å²) in [5.74, 6) is 0.427. The molecule has 0 bridgehead atoms. The number of aliphatic hydroxyl groups is 1. The molecule has 2 atom stereocenters. The fraction of sp³-hybridized carbons (Fsp3) is 0.500. The van der Waals surface area contributed by atoms with Crippen LogP contribution in [0.25, 0.3) is 0 Å². The molecule has 0 spiro atoms. The molecule has 0 aliphatic carbocycles. The lowest BCUT2D eigenvalue weighted by atomic mass is 9.91. The van der Waals surface area contributed by atoms with E-state index in [2.05, 4.69) is 13.2 Å². The van der Waals surface area contributed by atoms with E-state index in [4.69, 9.17) is 0 Å². The molecular formula is C12H20O. The van der Waals surface area contributed by atoms with Gasteiger partial charge in [-0.1, -0.05) is 44.7 Å². The second-order valence-electron chi connectivity index (χ2n) is 3.53. The standard InChI is InChI=1S/C12H20O/c1-5-7-8-9-11(6-2)12(13)10(3)4/h5-8,10-13H,1-2,9H2,3-4H3/b8-7+. The molecule has 1 N–H and O–H groups in total. The Morgan fingerprint density at radius 1 is 1.31 bits per heavy atom. The summed E-state index contributed by atoms with van der Waals surface area (Å²) in [6, 6.07) is 0. The van der Waals surface area contributed by atoms with E-state index in [1.54, 1.807) is 6.08 Å². The number of allylic oxidation sites excluding steroid dienone is 3. The van der Waals surface area contributed by atoms with Crippen LogP contribution in [-0.2, 0) is 0 Å². The first-order valence-electron chi connectivity index (χ1n) is 4.71. The van der Waals surface area contributed by atoms with Crippen molar-refractivity contribution >= 4 is 0 Å². The molecule has 0 rings (SSSR count). The van der Waals surface area contributed by atoms with Gasteiger partial charge in [0, 0.05) is 5.92 Å². The molecule has 0 aromatic rings. The SMILES string of the molecule is C=C/C=C/CC(C=C)C(O)C(C)C. The molecule has 13 heavy (non-hydrogen) atoms. The van der Waals surface area contributed by atoms with Gasteiger partial charge in [0.2, 0.25) is 0 Å². The Balaban J connectivity index is 4.09. The van der Waals surface area contributed by atoms with Gasteiger partial charge < -0.3 is 5.11 Å². The highest BCUT2D eigenvalue weighted by Gasteiger charge is 2.17. The van der Waals surface area contributed by atoms with Crippen LogP contribution in [0.3, 0.4) is 0 Å². The average molecular weight is 180 g/mol. The lowest BCUT2D eigenvalue weighted by Gasteiger charge is -2.21. The second kappa shape index (κ2) is 6.67. The van der Waals surface area contributed by atoms with Gasteiger partial charge in [-0.25, -0.2) is 0 Å². The number of hydrogen-bond acceptors (Lipinski definition) is 1. The molecule has 74 valence electrons. The van der Waals surface area contributed by atoms with Crippen molar-refractivity contribution in [1.29, 1.82) is 0 Å². The molecule has 0 amide bonds. The van der Waals surface area contributed by atoms with Crippen molar-refractivity contribution < 1.29 is 5.11 Å². The van der Waals surface area contributed by atoms with E-state index < -0.39 is 0 Å². The molecule has 0 fully saturated rings. The summed E-state index contributed by atoms with van der Waals surface area (Å²) in [6.45, 7) is 11.3. The Hall–Kier alpha value is -0.820. The van der Waals surface area contributed by atoms with Crippen molar-refractivity contribution in [2.45, 2.75) is 26.4 Å². The molecule has 1 nitrogen and oxygen atoms in total. The van der Waals surface area contributed by atoms with E-state index in [1.807, 2.05) is 32.1 Å². The molecule has 0 aliphatic heterocycles. The highest BCUT2D eigenvalue weighted by atomic mass is 16.3. The van der Waals surface area contributed by atoms with Gasteiger partial charge in [0.25, 0.3) is 0 Å². The van der Waals surface area contributed by atoms with Gasteiger partial charge in [-0.05, 0) is 12.3 Å². The lowest BCUT2D eigenvalue weighted by molar-refractivity contribution is 0.0853. The molecule has 0 saturated heterocycles. The van der Waals surface area contributed by atoms with Crippen LogP contribution in [0.2, 0.25) is 0 Å². The van der Waals surface area contributed by atoms with Crippen LogP contribution in [0.15, 0.2) is 37.5 Å². The van der Waals surface area contributed by atoms with E-state index in [-0.39, 0.29) is 17.9 Å². The number of rotatable bonds is 6. The topological polar surface area (TPSA) is 20.2 Å². The highest BCUT2D eigenvalue weighted by Crippen LogP contribution is 2.17. The van der Waals surface area contributed by atoms with E-state index in [0.717, 1.165) is 6.42 Å². The Kier molecular flexibility index (Phi) is 6.25. The monoisotopic (exact) mass is 180 g/mol. The van der Waals surface area contributed by atoms with Gasteiger partial charge in [-0.2, -0.15) is 0 Å². The van der Waals surface area contributed by atoms with E-state index >= 15 is 0 Å². The molecule has 0 aromatic heterocycles. The molecule has 0 heterocycles. The normalized spacial score (nSPS) is 16.0. The first-order valence-corrected chi connectivity index (χ1v) is 4.71. The molecule has 2 unspecified atom stereocenters. The van der Waals surface area contributed by atoms with Gasteiger partial charge >= 0.3 is 0 Å². The fourth-order valence-electron chi connectivity index (χ4n) is 1.20. The number of aliphatic hydroxyl groups excluding tert-OH is 1. The first-order chi connectivity index (χ1) is 6.13. The molecular weight excluding hydrogens is 160 g/mol. The Labute approximate surface area is 81.5 Å². The van der Waals surface area contributed by atoms with Crippen molar-refractivity contribution in [3.8, 4) is 0 Å². The molecule has 0 radical (unpaired) electrons. The quantitative estimate of drug-likeness (QED) is 0.492. The molecule has 1 heteroatoms. The fourth-order valence-corrected chi connectivity index (χ4v) is 1.20. The summed E-state index contributed by atoms with van der Waals surface area (Å²) < 4.78 is 0. The minimum atomic E-state index is -0.299. The lowest BCUT2D eigenvalue weighted by Crippen LogP contribution is -2.23. The zero-order valence-corrected chi connectivity index (χ0v) is 8.61. The van der Waals surface area contributed by atoms with E-state index in [9.17, 15) is 5.11 Å². The van der Waals surface area contributed by atoms with E-state index in [0.29, 0.717) is 0 Å². The van der Waals surface area contributed by atoms with Crippen LogP contribution in [0.1, 0.15) is 20.3 Å². The zero-order chi connectivity index (χ0) is 10.3. The summed E-state index contributed by atoms with van der Waals surface area (Å²) in [6.07, 6.45) is 7.98. The Bertz CT molecular complexity index is 180.